The summed E-state index contributed by atoms with van der Waals surface area (Å²) in [5.74, 6) is -2.39. The fourth-order valence-electron chi connectivity index (χ4n) is 0.461. The molecule has 0 heterocycles. The lowest BCUT2D eigenvalue weighted by molar-refractivity contribution is -0.134. The molecule has 0 unspecified atom stereocenters. The third kappa shape index (κ3) is 7.57. The summed E-state index contributed by atoms with van der Waals surface area (Å²) in [6.45, 7) is 0.797. The van der Waals surface area contributed by atoms with Crippen molar-refractivity contribution in [1.29, 1.82) is 0 Å². The van der Waals surface area contributed by atoms with E-state index >= 15 is 0 Å². The molecule has 0 aromatic heterocycles. The second kappa shape index (κ2) is 3.95. The van der Waals surface area contributed by atoms with Crippen LogP contribution in [0.5, 0.6) is 0 Å². The summed E-state index contributed by atoms with van der Waals surface area (Å²) in [6.07, 6.45) is -6.10. The molecule has 0 rings (SSSR count). The van der Waals surface area contributed by atoms with E-state index in [9.17, 15) is 26.4 Å². The Labute approximate surface area is 72.8 Å². The highest BCUT2D eigenvalue weighted by atomic mass is 32.2. The molecular formula is C5H7F3O4S. The lowest BCUT2D eigenvalue weighted by Crippen LogP contribution is -2.19. The molecule has 0 spiro atoms. The van der Waals surface area contributed by atoms with Crippen molar-refractivity contribution < 1.29 is 30.6 Å². The van der Waals surface area contributed by atoms with Crippen molar-refractivity contribution in [3.05, 3.63) is 0 Å². The van der Waals surface area contributed by atoms with E-state index in [2.05, 4.69) is 4.18 Å². The number of halogens is 3. The molecule has 0 atom stereocenters. The molecule has 0 saturated carbocycles. The molecule has 0 aliphatic rings. The van der Waals surface area contributed by atoms with Crippen molar-refractivity contribution in [3.8, 4) is 0 Å². The zero-order valence-electron chi connectivity index (χ0n) is 6.59. The van der Waals surface area contributed by atoms with Gasteiger partial charge in [0.05, 0.1) is 12.2 Å². The monoisotopic (exact) mass is 220 g/mol. The van der Waals surface area contributed by atoms with E-state index in [1.807, 2.05) is 0 Å². The lowest BCUT2D eigenvalue weighted by Gasteiger charge is -2.05. The molecule has 0 aromatic carbocycles. The fourth-order valence-corrected chi connectivity index (χ4v) is 1.38. The van der Waals surface area contributed by atoms with Crippen LogP contribution >= 0.6 is 0 Å². The van der Waals surface area contributed by atoms with Gasteiger partial charge in [-0.3, -0.25) is 4.79 Å². The van der Waals surface area contributed by atoms with Crippen LogP contribution in [-0.2, 0) is 19.1 Å². The Morgan fingerprint density at radius 3 is 2.15 bits per heavy atom. The number of hydrogen-bond donors (Lipinski definition) is 0. The van der Waals surface area contributed by atoms with Crippen LogP contribution in [0.2, 0.25) is 0 Å². The Bertz CT molecular complexity index is 279. The van der Waals surface area contributed by atoms with E-state index in [-0.39, 0.29) is 0 Å². The van der Waals surface area contributed by atoms with Gasteiger partial charge in [0, 0.05) is 6.92 Å². The molecule has 13 heavy (non-hydrogen) atoms. The first kappa shape index (κ1) is 12.2. The summed E-state index contributed by atoms with van der Waals surface area (Å²) >= 11 is 0. The Hall–Kier alpha value is -0.790. The van der Waals surface area contributed by atoms with Gasteiger partial charge in [0.25, 0.3) is 0 Å². The van der Waals surface area contributed by atoms with Crippen LogP contribution in [0.1, 0.15) is 13.3 Å². The minimum Gasteiger partial charge on any atom is -0.346 e. The standard InChI is InChI=1S/C5H7F3O4S/c1-4(9)12-13(10,11)3-2-5(6,7)8/h2-3H2,1H3. The van der Waals surface area contributed by atoms with Crippen LogP contribution in [0, 0.1) is 0 Å². The molecule has 0 radical (unpaired) electrons. The minimum atomic E-state index is -4.58. The summed E-state index contributed by atoms with van der Waals surface area (Å²) < 4.78 is 59.3. The van der Waals surface area contributed by atoms with Crippen LogP contribution in [0.15, 0.2) is 0 Å². The maximum atomic E-state index is 11.5. The number of carbonyl (C=O) groups is 1. The Morgan fingerprint density at radius 2 is 1.85 bits per heavy atom. The Kier molecular flexibility index (Phi) is 3.71. The number of carbonyl (C=O) groups excluding carboxylic acids is 1. The van der Waals surface area contributed by atoms with Gasteiger partial charge in [-0.1, -0.05) is 0 Å². The van der Waals surface area contributed by atoms with Crippen LogP contribution in [0.4, 0.5) is 13.2 Å². The van der Waals surface area contributed by atoms with E-state index in [0.29, 0.717) is 0 Å². The number of rotatable bonds is 3. The van der Waals surface area contributed by atoms with Crippen LogP contribution in [0.25, 0.3) is 0 Å². The second-order valence-corrected chi connectivity index (χ2v) is 3.89. The molecule has 0 aromatic rings. The van der Waals surface area contributed by atoms with E-state index in [1.54, 1.807) is 0 Å². The van der Waals surface area contributed by atoms with E-state index in [0.717, 1.165) is 6.92 Å². The van der Waals surface area contributed by atoms with Crippen LogP contribution in [-0.4, -0.2) is 26.3 Å². The third-order valence-electron chi connectivity index (χ3n) is 0.880. The van der Waals surface area contributed by atoms with Crippen LogP contribution < -0.4 is 0 Å². The third-order valence-corrected chi connectivity index (χ3v) is 2.07. The van der Waals surface area contributed by atoms with Gasteiger partial charge < -0.3 is 4.18 Å². The largest absolute Gasteiger partial charge is 0.390 e. The van der Waals surface area contributed by atoms with Crippen molar-refractivity contribution in [2.24, 2.45) is 0 Å². The Balaban J connectivity index is 4.13. The molecule has 0 aliphatic heterocycles. The highest BCUT2D eigenvalue weighted by Crippen LogP contribution is 2.20. The second-order valence-electron chi connectivity index (χ2n) is 2.20. The SMILES string of the molecule is CC(=O)OS(=O)(=O)CCC(F)(F)F. The van der Waals surface area contributed by atoms with Crippen molar-refractivity contribution >= 4 is 16.1 Å². The zero-order valence-corrected chi connectivity index (χ0v) is 7.41. The molecule has 0 amide bonds. The highest BCUT2D eigenvalue weighted by molar-refractivity contribution is 7.87. The summed E-state index contributed by atoms with van der Waals surface area (Å²) in [5.41, 5.74) is 0. The smallest absolute Gasteiger partial charge is 0.346 e. The van der Waals surface area contributed by atoms with Gasteiger partial charge in [-0.2, -0.15) is 21.6 Å². The van der Waals surface area contributed by atoms with Gasteiger partial charge in [-0.25, -0.2) is 0 Å². The molecule has 0 N–H and O–H groups in total. The average Bonchev–Trinajstić information content (AvgIpc) is 1.79. The molecule has 0 aliphatic carbocycles. The van der Waals surface area contributed by atoms with Crippen molar-refractivity contribution in [2.75, 3.05) is 5.75 Å². The van der Waals surface area contributed by atoms with Gasteiger partial charge in [-0.15, -0.1) is 0 Å². The van der Waals surface area contributed by atoms with Gasteiger partial charge in [0.2, 0.25) is 0 Å². The van der Waals surface area contributed by atoms with Gasteiger partial charge in [0.1, 0.15) is 0 Å². The fraction of sp³-hybridized carbons (Fsp3) is 0.800. The molecule has 8 heteroatoms. The zero-order chi connectivity index (χ0) is 10.7. The van der Waals surface area contributed by atoms with E-state index < -0.39 is 34.4 Å². The summed E-state index contributed by atoms with van der Waals surface area (Å²) in [4.78, 5) is 10.1. The highest BCUT2D eigenvalue weighted by Gasteiger charge is 2.30. The summed E-state index contributed by atoms with van der Waals surface area (Å²) in [6, 6.07) is 0. The maximum absolute atomic E-state index is 11.5. The average molecular weight is 220 g/mol. The quantitative estimate of drug-likeness (QED) is 0.661. The maximum Gasteiger partial charge on any atom is 0.390 e. The molecule has 0 fully saturated rings. The first-order valence-corrected chi connectivity index (χ1v) is 4.69. The van der Waals surface area contributed by atoms with Crippen LogP contribution in [0.3, 0.4) is 0 Å². The number of hydrogen-bond acceptors (Lipinski definition) is 4. The lowest BCUT2D eigenvalue weighted by atomic mass is 10.5. The van der Waals surface area contributed by atoms with Crippen molar-refractivity contribution in [3.63, 3.8) is 0 Å². The normalized spacial score (nSPS) is 12.6. The first-order chi connectivity index (χ1) is 5.62. The van der Waals surface area contributed by atoms with E-state index in [1.165, 1.54) is 0 Å². The summed E-state index contributed by atoms with van der Waals surface area (Å²) in [5, 5.41) is 0. The molecule has 4 nitrogen and oxygen atoms in total. The van der Waals surface area contributed by atoms with Gasteiger partial charge >= 0.3 is 22.3 Å². The van der Waals surface area contributed by atoms with Crippen molar-refractivity contribution in [1.82, 2.24) is 0 Å². The minimum absolute atomic E-state index is 0.797. The topological polar surface area (TPSA) is 60.4 Å². The predicted octanol–water partition coefficient (Wildman–Crippen LogP) is 0.832. The molecule has 78 valence electrons. The Morgan fingerprint density at radius 1 is 1.38 bits per heavy atom. The first-order valence-electron chi connectivity index (χ1n) is 3.12. The van der Waals surface area contributed by atoms with Gasteiger partial charge in [0.15, 0.2) is 0 Å². The van der Waals surface area contributed by atoms with E-state index in [4.69, 9.17) is 0 Å². The van der Waals surface area contributed by atoms with Crippen molar-refractivity contribution in [2.45, 2.75) is 19.5 Å². The molecule has 0 bridgehead atoms. The molecule has 0 saturated heterocycles. The predicted molar refractivity (Wildman–Crippen MR) is 36.2 cm³/mol. The van der Waals surface area contributed by atoms with Gasteiger partial charge in [-0.05, 0) is 0 Å². The number of alkyl halides is 3. The summed E-state index contributed by atoms with van der Waals surface area (Å²) in [7, 11) is -4.38. The molecular weight excluding hydrogens is 213 g/mol.